The van der Waals surface area contributed by atoms with Crippen molar-refractivity contribution in [2.24, 2.45) is 0 Å². The van der Waals surface area contributed by atoms with Crippen molar-refractivity contribution in [3.63, 3.8) is 0 Å². The fraction of sp³-hybridized carbons (Fsp3) is 0.150. The number of hydrogen-bond donors (Lipinski definition) is 1. The van der Waals surface area contributed by atoms with Crippen molar-refractivity contribution < 1.29 is 4.79 Å². The van der Waals surface area contributed by atoms with E-state index in [2.05, 4.69) is 35.8 Å². The van der Waals surface area contributed by atoms with E-state index in [-0.39, 0.29) is 11.9 Å². The second-order valence-corrected chi connectivity index (χ2v) is 6.49. The summed E-state index contributed by atoms with van der Waals surface area (Å²) in [4.78, 5) is 13.6. The maximum Gasteiger partial charge on any atom is 0.251 e. The third-order valence-electron chi connectivity index (χ3n) is 4.00. The van der Waals surface area contributed by atoms with Gasteiger partial charge in [-0.2, -0.15) is 0 Å². The monoisotopic (exact) mass is 336 g/mol. The third kappa shape index (κ3) is 3.71. The van der Waals surface area contributed by atoms with Gasteiger partial charge >= 0.3 is 0 Å². The van der Waals surface area contributed by atoms with Gasteiger partial charge in [-0.3, -0.25) is 4.79 Å². The minimum atomic E-state index is -0.0597. The van der Waals surface area contributed by atoms with Crippen LogP contribution in [0.3, 0.4) is 0 Å². The average Bonchev–Trinajstić information content (AvgIpc) is 3.16. The van der Waals surface area contributed by atoms with Gasteiger partial charge in [-0.15, -0.1) is 11.8 Å². The predicted octanol–water partition coefficient (Wildman–Crippen LogP) is 4.69. The molecule has 1 aromatic heterocycles. The molecule has 0 aliphatic rings. The van der Waals surface area contributed by atoms with E-state index < -0.39 is 0 Å². The Balaban J connectivity index is 1.67. The van der Waals surface area contributed by atoms with Gasteiger partial charge in [0.25, 0.3) is 5.91 Å². The Kier molecular flexibility index (Phi) is 5.06. The molecule has 1 heterocycles. The molecule has 0 radical (unpaired) electrons. The second-order valence-electron chi connectivity index (χ2n) is 5.61. The average molecular weight is 336 g/mol. The van der Waals surface area contributed by atoms with E-state index in [0.29, 0.717) is 5.56 Å². The van der Waals surface area contributed by atoms with Crippen molar-refractivity contribution in [2.75, 3.05) is 6.26 Å². The largest absolute Gasteiger partial charge is 0.346 e. The number of amides is 1. The zero-order chi connectivity index (χ0) is 16.9. The van der Waals surface area contributed by atoms with Gasteiger partial charge in [-0.1, -0.05) is 12.1 Å². The van der Waals surface area contributed by atoms with Crippen LogP contribution in [0.25, 0.3) is 5.69 Å². The Bertz CT molecular complexity index is 793. The fourth-order valence-electron chi connectivity index (χ4n) is 2.55. The van der Waals surface area contributed by atoms with E-state index in [1.807, 2.05) is 60.3 Å². The van der Waals surface area contributed by atoms with Crippen molar-refractivity contribution in [2.45, 2.75) is 17.9 Å². The smallest absolute Gasteiger partial charge is 0.251 e. The first-order valence-corrected chi connectivity index (χ1v) is 9.08. The highest BCUT2D eigenvalue weighted by Gasteiger charge is 2.11. The highest BCUT2D eigenvalue weighted by atomic mass is 32.2. The lowest BCUT2D eigenvalue weighted by atomic mass is 10.1. The highest BCUT2D eigenvalue weighted by Crippen LogP contribution is 2.19. The Morgan fingerprint density at radius 2 is 1.62 bits per heavy atom. The van der Waals surface area contributed by atoms with Crippen LogP contribution >= 0.6 is 11.8 Å². The Hall–Kier alpha value is -2.46. The Labute approximate surface area is 146 Å². The summed E-state index contributed by atoms with van der Waals surface area (Å²) in [5.74, 6) is -0.0597. The van der Waals surface area contributed by atoms with Crippen LogP contribution in [-0.4, -0.2) is 16.7 Å². The summed E-state index contributed by atoms with van der Waals surface area (Å²) in [5, 5.41) is 3.05. The summed E-state index contributed by atoms with van der Waals surface area (Å²) in [6, 6.07) is 19.8. The number of nitrogens with zero attached hydrogens (tertiary/aromatic N) is 1. The maximum atomic E-state index is 12.4. The van der Waals surface area contributed by atoms with Crippen molar-refractivity contribution in [3.05, 3.63) is 84.2 Å². The molecule has 0 saturated heterocycles. The first-order valence-electron chi connectivity index (χ1n) is 7.85. The van der Waals surface area contributed by atoms with Crippen molar-refractivity contribution in [1.82, 2.24) is 9.88 Å². The van der Waals surface area contributed by atoms with Gasteiger partial charge in [0, 0.05) is 28.5 Å². The van der Waals surface area contributed by atoms with Crippen molar-refractivity contribution >= 4 is 17.7 Å². The molecular formula is C20H20N2OS. The SMILES string of the molecule is CSc1ccc(C(C)NC(=O)c2ccc(-n3cccc3)cc2)cc1. The van der Waals surface area contributed by atoms with Gasteiger partial charge in [0.2, 0.25) is 0 Å². The molecule has 2 aromatic carbocycles. The molecule has 1 unspecified atom stereocenters. The van der Waals surface area contributed by atoms with Crippen LogP contribution in [0.15, 0.2) is 78.0 Å². The fourth-order valence-corrected chi connectivity index (χ4v) is 2.96. The van der Waals surface area contributed by atoms with Crippen LogP contribution in [-0.2, 0) is 0 Å². The Morgan fingerprint density at radius 3 is 2.21 bits per heavy atom. The van der Waals surface area contributed by atoms with E-state index in [9.17, 15) is 4.79 Å². The second kappa shape index (κ2) is 7.41. The van der Waals surface area contributed by atoms with Crippen LogP contribution in [0, 0.1) is 0 Å². The lowest BCUT2D eigenvalue weighted by Crippen LogP contribution is -2.26. The van der Waals surface area contributed by atoms with E-state index in [1.54, 1.807) is 11.8 Å². The summed E-state index contributed by atoms with van der Waals surface area (Å²) in [5.41, 5.74) is 2.81. The molecule has 3 nitrogen and oxygen atoms in total. The first kappa shape index (κ1) is 16.4. The summed E-state index contributed by atoms with van der Waals surface area (Å²) in [7, 11) is 0. The number of rotatable bonds is 5. The van der Waals surface area contributed by atoms with Crippen LogP contribution in [0.4, 0.5) is 0 Å². The number of carbonyl (C=O) groups is 1. The molecule has 3 aromatic rings. The number of thioether (sulfide) groups is 1. The molecule has 0 saturated carbocycles. The predicted molar refractivity (Wildman–Crippen MR) is 99.9 cm³/mol. The summed E-state index contributed by atoms with van der Waals surface area (Å²) >= 11 is 1.71. The maximum absolute atomic E-state index is 12.4. The number of carbonyl (C=O) groups excluding carboxylic acids is 1. The number of aromatic nitrogens is 1. The number of benzene rings is 2. The molecule has 122 valence electrons. The van der Waals surface area contributed by atoms with Crippen LogP contribution in [0.1, 0.15) is 28.9 Å². The quantitative estimate of drug-likeness (QED) is 0.686. The summed E-state index contributed by atoms with van der Waals surface area (Å²) < 4.78 is 2.01. The zero-order valence-electron chi connectivity index (χ0n) is 13.8. The standard InChI is InChI=1S/C20H20N2OS/c1-15(16-7-11-19(24-2)12-8-16)21-20(23)17-5-9-18(10-6-17)22-13-3-4-14-22/h3-15H,1-2H3,(H,21,23). The minimum absolute atomic E-state index is 0.0301. The molecule has 0 aliphatic carbocycles. The summed E-state index contributed by atoms with van der Waals surface area (Å²) in [6.45, 7) is 2.00. The lowest BCUT2D eigenvalue weighted by Gasteiger charge is -2.15. The zero-order valence-corrected chi connectivity index (χ0v) is 14.6. The molecule has 3 rings (SSSR count). The van der Waals surface area contributed by atoms with Gasteiger partial charge in [0.05, 0.1) is 6.04 Å². The van der Waals surface area contributed by atoms with Gasteiger partial charge in [-0.05, 0) is 67.3 Å². The highest BCUT2D eigenvalue weighted by molar-refractivity contribution is 7.98. The number of hydrogen-bond acceptors (Lipinski definition) is 2. The van der Waals surface area contributed by atoms with Crippen molar-refractivity contribution in [1.29, 1.82) is 0 Å². The number of nitrogens with one attached hydrogen (secondary N) is 1. The van der Waals surface area contributed by atoms with Gasteiger partial charge < -0.3 is 9.88 Å². The Morgan fingerprint density at radius 1 is 1.00 bits per heavy atom. The van der Waals surface area contributed by atoms with Gasteiger partial charge in [0.15, 0.2) is 0 Å². The summed E-state index contributed by atoms with van der Waals surface area (Å²) in [6.07, 6.45) is 6.02. The topological polar surface area (TPSA) is 34.0 Å². The van der Waals surface area contributed by atoms with E-state index >= 15 is 0 Å². The van der Waals surface area contributed by atoms with Gasteiger partial charge in [-0.25, -0.2) is 0 Å². The molecule has 1 N–H and O–H groups in total. The minimum Gasteiger partial charge on any atom is -0.346 e. The van der Waals surface area contributed by atoms with Gasteiger partial charge in [0.1, 0.15) is 0 Å². The normalized spacial score (nSPS) is 11.9. The molecule has 0 bridgehead atoms. The molecule has 24 heavy (non-hydrogen) atoms. The molecule has 1 atom stereocenters. The molecule has 1 amide bonds. The van der Waals surface area contributed by atoms with Crippen molar-refractivity contribution in [3.8, 4) is 5.69 Å². The van der Waals surface area contributed by atoms with E-state index in [0.717, 1.165) is 11.3 Å². The first-order chi connectivity index (χ1) is 11.7. The molecule has 0 aliphatic heterocycles. The van der Waals surface area contributed by atoms with E-state index in [4.69, 9.17) is 0 Å². The molecular weight excluding hydrogens is 316 g/mol. The van der Waals surface area contributed by atoms with Crippen LogP contribution in [0.2, 0.25) is 0 Å². The third-order valence-corrected chi connectivity index (χ3v) is 4.74. The van der Waals surface area contributed by atoms with Crippen LogP contribution < -0.4 is 5.32 Å². The molecule has 0 spiro atoms. The van der Waals surface area contributed by atoms with Crippen LogP contribution in [0.5, 0.6) is 0 Å². The molecule has 4 heteroatoms. The lowest BCUT2D eigenvalue weighted by molar-refractivity contribution is 0.0940. The molecule has 0 fully saturated rings. The van der Waals surface area contributed by atoms with E-state index in [1.165, 1.54) is 4.90 Å².